The van der Waals surface area contributed by atoms with E-state index in [1.807, 2.05) is 12.1 Å². The van der Waals surface area contributed by atoms with Crippen LogP contribution in [0.25, 0.3) is 16.6 Å². The molecule has 1 saturated heterocycles. The van der Waals surface area contributed by atoms with Gasteiger partial charge < -0.3 is 14.0 Å². The number of imidazole rings is 1. The molecule has 5 rings (SSSR count). The standard InChI is InChI=1S/C23H17F5N4O2.ClH/c24-22(25)7-9-32(13-18(22)34-19-6-5-14-3-1-2-4-17(14)30-19)21(33)16-11-15(23(26,27)28)12-31-10-8-29-20(16)31;/h1-6,8,10-12,18H,7,9,13H2;1H/t18-;/m0./s1. The van der Waals surface area contributed by atoms with Gasteiger partial charge in [-0.2, -0.15) is 13.2 Å². The number of aromatic nitrogens is 3. The van der Waals surface area contributed by atoms with Crippen LogP contribution in [0.15, 0.2) is 61.1 Å². The molecule has 4 aromatic rings. The van der Waals surface area contributed by atoms with Crippen LogP contribution in [0.2, 0.25) is 0 Å². The van der Waals surface area contributed by atoms with Crippen molar-refractivity contribution in [2.45, 2.75) is 24.6 Å². The summed E-state index contributed by atoms with van der Waals surface area (Å²) in [6.07, 6.45) is -3.77. The summed E-state index contributed by atoms with van der Waals surface area (Å²) < 4.78 is 75.9. The number of halogens is 6. The molecular weight excluding hydrogens is 495 g/mol. The fourth-order valence-corrected chi connectivity index (χ4v) is 3.95. The molecule has 0 bridgehead atoms. The predicted octanol–water partition coefficient (Wildman–Crippen LogP) is 5.25. The van der Waals surface area contributed by atoms with Gasteiger partial charge in [-0.1, -0.05) is 18.2 Å². The van der Waals surface area contributed by atoms with Crippen molar-refractivity contribution in [3.8, 4) is 5.88 Å². The maximum atomic E-state index is 14.7. The molecule has 1 fully saturated rings. The topological polar surface area (TPSA) is 59.7 Å². The van der Waals surface area contributed by atoms with Gasteiger partial charge in [-0.25, -0.2) is 18.7 Å². The van der Waals surface area contributed by atoms with Crippen molar-refractivity contribution in [3.63, 3.8) is 0 Å². The minimum Gasteiger partial charge on any atom is -0.466 e. The molecule has 0 N–H and O–H groups in total. The summed E-state index contributed by atoms with van der Waals surface area (Å²) in [7, 11) is 0. The molecule has 0 aliphatic carbocycles. The Labute approximate surface area is 201 Å². The Hall–Kier alpha value is -3.47. The molecule has 1 aromatic carbocycles. The van der Waals surface area contributed by atoms with Gasteiger partial charge in [-0.15, -0.1) is 12.4 Å². The molecule has 1 atom stereocenters. The number of pyridine rings is 2. The summed E-state index contributed by atoms with van der Waals surface area (Å²) in [5.41, 5.74) is -0.814. The monoisotopic (exact) mass is 512 g/mol. The maximum absolute atomic E-state index is 14.7. The van der Waals surface area contributed by atoms with Crippen molar-refractivity contribution in [2.75, 3.05) is 13.1 Å². The zero-order chi connectivity index (χ0) is 24.1. The molecular formula is C23H18ClF5N4O2. The smallest absolute Gasteiger partial charge is 0.417 e. The number of carbonyl (C=O) groups excluding carboxylic acids is 1. The van der Waals surface area contributed by atoms with Crippen LogP contribution < -0.4 is 4.74 Å². The molecule has 6 nitrogen and oxygen atoms in total. The second-order valence-corrected chi connectivity index (χ2v) is 8.01. The Balaban J connectivity index is 0.00000289. The van der Waals surface area contributed by atoms with Crippen molar-refractivity contribution in [2.24, 2.45) is 0 Å². The number of piperidine rings is 1. The number of ether oxygens (including phenoxy) is 1. The zero-order valence-electron chi connectivity index (χ0n) is 17.9. The van der Waals surface area contributed by atoms with Crippen LogP contribution in [0.4, 0.5) is 22.0 Å². The molecule has 184 valence electrons. The van der Waals surface area contributed by atoms with E-state index in [0.29, 0.717) is 11.6 Å². The summed E-state index contributed by atoms with van der Waals surface area (Å²) in [6.45, 7) is -0.872. The second-order valence-electron chi connectivity index (χ2n) is 8.01. The van der Waals surface area contributed by atoms with E-state index in [4.69, 9.17) is 4.74 Å². The Kier molecular flexibility index (Phi) is 6.31. The lowest BCUT2D eigenvalue weighted by Crippen LogP contribution is -2.55. The highest BCUT2D eigenvalue weighted by atomic mass is 35.5. The molecule has 0 saturated carbocycles. The summed E-state index contributed by atoms with van der Waals surface area (Å²) in [5.74, 6) is -4.13. The number of rotatable bonds is 3. The van der Waals surface area contributed by atoms with Gasteiger partial charge in [0.05, 0.1) is 23.2 Å². The van der Waals surface area contributed by atoms with Crippen LogP contribution in [0.1, 0.15) is 22.3 Å². The number of likely N-dealkylation sites (tertiary alicyclic amines) is 1. The Morgan fingerprint density at radius 1 is 1.14 bits per heavy atom. The molecule has 0 unspecified atom stereocenters. The number of carbonyl (C=O) groups is 1. The van der Waals surface area contributed by atoms with E-state index in [1.165, 1.54) is 18.5 Å². The molecule has 1 amide bonds. The third kappa shape index (κ3) is 4.72. The lowest BCUT2D eigenvalue weighted by molar-refractivity contribution is -0.137. The Bertz CT molecular complexity index is 1390. The molecule has 1 aliphatic heterocycles. The van der Waals surface area contributed by atoms with Crippen LogP contribution in [0.5, 0.6) is 5.88 Å². The minimum absolute atomic E-state index is 0. The number of amides is 1. The molecule has 0 radical (unpaired) electrons. The minimum atomic E-state index is -4.70. The maximum Gasteiger partial charge on any atom is 0.417 e. The van der Waals surface area contributed by atoms with Crippen LogP contribution >= 0.6 is 12.4 Å². The van der Waals surface area contributed by atoms with Gasteiger partial charge in [0.1, 0.15) is 5.65 Å². The first-order valence-electron chi connectivity index (χ1n) is 10.4. The van der Waals surface area contributed by atoms with E-state index >= 15 is 0 Å². The number of fused-ring (bicyclic) bond motifs is 2. The van der Waals surface area contributed by atoms with Crippen molar-refractivity contribution >= 4 is 34.9 Å². The summed E-state index contributed by atoms with van der Waals surface area (Å²) in [6, 6.07) is 10.9. The van der Waals surface area contributed by atoms with E-state index in [2.05, 4.69) is 9.97 Å². The first-order chi connectivity index (χ1) is 16.1. The lowest BCUT2D eigenvalue weighted by atomic mass is 10.0. The zero-order valence-corrected chi connectivity index (χ0v) is 18.7. The number of alkyl halides is 5. The van der Waals surface area contributed by atoms with Crippen molar-refractivity contribution in [1.82, 2.24) is 19.3 Å². The van der Waals surface area contributed by atoms with Gasteiger partial charge in [-0.3, -0.25) is 4.79 Å². The molecule has 1 aliphatic rings. The summed E-state index contributed by atoms with van der Waals surface area (Å²) >= 11 is 0. The SMILES string of the molecule is Cl.O=C(c1cc(C(F)(F)F)cn2ccnc12)N1CCC(F)(F)[C@@H](Oc2ccc3ccccc3n2)C1. The Morgan fingerprint density at radius 3 is 2.69 bits per heavy atom. The van der Waals surface area contributed by atoms with Crippen molar-refractivity contribution in [3.05, 3.63) is 72.2 Å². The first-order valence-corrected chi connectivity index (χ1v) is 10.4. The number of hydrogen-bond donors (Lipinski definition) is 0. The van der Waals surface area contributed by atoms with Crippen LogP contribution in [0, 0.1) is 0 Å². The van der Waals surface area contributed by atoms with Crippen LogP contribution in [0.3, 0.4) is 0 Å². The van der Waals surface area contributed by atoms with E-state index in [-0.39, 0.29) is 36.0 Å². The van der Waals surface area contributed by atoms with E-state index < -0.39 is 42.6 Å². The molecule has 0 spiro atoms. The molecule has 12 heteroatoms. The highest BCUT2D eigenvalue weighted by molar-refractivity contribution is 6.00. The average molecular weight is 513 g/mol. The van der Waals surface area contributed by atoms with Gasteiger partial charge in [0.25, 0.3) is 11.8 Å². The summed E-state index contributed by atoms with van der Waals surface area (Å²) in [5, 5.41) is 0.801. The van der Waals surface area contributed by atoms with Crippen LogP contribution in [-0.4, -0.2) is 50.3 Å². The molecule has 35 heavy (non-hydrogen) atoms. The predicted molar refractivity (Wildman–Crippen MR) is 119 cm³/mol. The van der Waals surface area contributed by atoms with Crippen molar-refractivity contribution < 1.29 is 31.5 Å². The highest BCUT2D eigenvalue weighted by Crippen LogP contribution is 2.34. The number of benzene rings is 1. The third-order valence-electron chi connectivity index (χ3n) is 5.74. The normalized spacial score (nSPS) is 17.9. The number of hydrogen-bond acceptors (Lipinski definition) is 4. The Morgan fingerprint density at radius 2 is 1.91 bits per heavy atom. The fourth-order valence-electron chi connectivity index (χ4n) is 3.95. The number of nitrogens with zero attached hydrogens (tertiary/aromatic N) is 4. The van der Waals surface area contributed by atoms with E-state index in [9.17, 15) is 26.7 Å². The van der Waals surface area contributed by atoms with Gasteiger partial charge in [0.2, 0.25) is 5.88 Å². The summed E-state index contributed by atoms with van der Waals surface area (Å²) in [4.78, 5) is 22.4. The van der Waals surface area contributed by atoms with Gasteiger partial charge in [0, 0.05) is 43.0 Å². The van der Waals surface area contributed by atoms with E-state index in [0.717, 1.165) is 20.9 Å². The van der Waals surface area contributed by atoms with E-state index in [1.54, 1.807) is 18.2 Å². The van der Waals surface area contributed by atoms with Gasteiger partial charge >= 0.3 is 6.18 Å². The van der Waals surface area contributed by atoms with Crippen molar-refractivity contribution in [1.29, 1.82) is 0 Å². The average Bonchev–Trinajstić information content (AvgIpc) is 3.27. The first kappa shape index (κ1) is 24.6. The van der Waals surface area contributed by atoms with Gasteiger partial charge in [-0.05, 0) is 18.2 Å². The largest absolute Gasteiger partial charge is 0.466 e. The second kappa shape index (κ2) is 8.95. The highest BCUT2D eigenvalue weighted by Gasteiger charge is 2.47. The van der Waals surface area contributed by atoms with Crippen LogP contribution in [-0.2, 0) is 6.18 Å². The molecule has 4 heterocycles. The fraction of sp³-hybridized carbons (Fsp3) is 0.261. The van der Waals surface area contributed by atoms with Gasteiger partial charge in [0.15, 0.2) is 6.10 Å². The quantitative estimate of drug-likeness (QED) is 0.352. The lowest BCUT2D eigenvalue weighted by Gasteiger charge is -2.38. The third-order valence-corrected chi connectivity index (χ3v) is 5.74. The number of para-hydroxylation sites is 1. The molecule has 3 aromatic heterocycles.